The first-order valence-electron chi connectivity index (χ1n) is 6.61. The number of rotatable bonds is 8. The van der Waals surface area contributed by atoms with Crippen LogP contribution in [0.5, 0.6) is 5.75 Å². The van der Waals surface area contributed by atoms with Crippen molar-refractivity contribution < 1.29 is 32.4 Å². The van der Waals surface area contributed by atoms with E-state index in [9.17, 15) is 0 Å². The summed E-state index contributed by atoms with van der Waals surface area (Å²) in [5.74, 6) is 0.364. The number of hydrogen-bond acceptors (Lipinski definition) is 1. The third kappa shape index (κ3) is 8.64. The van der Waals surface area contributed by atoms with Gasteiger partial charge in [0.05, 0.1) is 0 Å². The Morgan fingerprint density at radius 3 is 1.94 bits per heavy atom. The van der Waals surface area contributed by atoms with Gasteiger partial charge in [-0.15, -0.1) is 0 Å². The summed E-state index contributed by atoms with van der Waals surface area (Å²) in [6.07, 6.45) is 10.6. The number of phenols is 1. The minimum Gasteiger partial charge on any atom is -0.508 e. The minimum atomic E-state index is 0. The summed E-state index contributed by atoms with van der Waals surface area (Å²) >= 11 is 0. The van der Waals surface area contributed by atoms with Crippen molar-refractivity contribution in [2.45, 2.75) is 58.3 Å². The first-order chi connectivity index (χ1) is 7.83. The van der Waals surface area contributed by atoms with E-state index in [1.54, 1.807) is 12.1 Å². The van der Waals surface area contributed by atoms with Gasteiger partial charge in [-0.25, -0.2) is 0 Å². The van der Waals surface area contributed by atoms with Gasteiger partial charge >= 0.3 is 0 Å². The smallest absolute Gasteiger partial charge is 0.115 e. The van der Waals surface area contributed by atoms with Crippen LogP contribution in [0.4, 0.5) is 0 Å². The van der Waals surface area contributed by atoms with Crippen molar-refractivity contribution >= 4 is 0 Å². The molecule has 92 valence electrons. The van der Waals surface area contributed by atoms with Crippen molar-refractivity contribution in [1.82, 2.24) is 0 Å². The molecule has 1 aromatic carbocycles. The molecule has 0 atom stereocenters. The van der Waals surface area contributed by atoms with Crippen molar-refractivity contribution in [3.05, 3.63) is 29.8 Å². The Bertz CT molecular complexity index is 269. The normalized spacial score (nSPS) is 9.94. The predicted octanol–water partition coefficient (Wildman–Crippen LogP) is 4.68. The molecule has 1 aromatic rings. The van der Waals surface area contributed by atoms with E-state index in [-0.39, 0.29) is 27.3 Å². The molecule has 0 heterocycles. The van der Waals surface area contributed by atoms with Gasteiger partial charge in [0.1, 0.15) is 5.75 Å². The third-order valence-corrected chi connectivity index (χ3v) is 3.01. The van der Waals surface area contributed by atoms with Gasteiger partial charge in [-0.3, -0.25) is 0 Å². The minimum absolute atomic E-state index is 0. The number of hydrogen-bond donors (Lipinski definition) is 1. The van der Waals surface area contributed by atoms with Gasteiger partial charge in [0.25, 0.3) is 0 Å². The molecule has 1 rings (SSSR count). The van der Waals surface area contributed by atoms with Crippen LogP contribution in [0.3, 0.4) is 0 Å². The van der Waals surface area contributed by atoms with E-state index in [1.807, 2.05) is 12.1 Å². The van der Waals surface area contributed by atoms with E-state index in [1.165, 1.54) is 50.5 Å². The Hall–Kier alpha value is -0.0579. The van der Waals surface area contributed by atoms with E-state index >= 15 is 0 Å². The second-order valence-corrected chi connectivity index (χ2v) is 4.54. The molecule has 0 aliphatic heterocycles. The molecule has 1 nitrogen and oxygen atoms in total. The number of aryl methyl sites for hydroxylation is 1. The predicted molar refractivity (Wildman–Crippen MR) is 69.8 cm³/mol. The van der Waals surface area contributed by atoms with Gasteiger partial charge in [-0.05, 0) is 30.5 Å². The molecule has 0 unspecified atom stereocenters. The van der Waals surface area contributed by atoms with Crippen LogP contribution in [-0.2, 0) is 33.7 Å². The third-order valence-electron chi connectivity index (χ3n) is 3.01. The molecule has 0 amide bonds. The molecule has 0 bridgehead atoms. The Balaban J connectivity index is 0.00000256. The number of unbranched alkanes of at least 4 members (excludes halogenated alkanes) is 6. The Kier molecular flexibility index (Phi) is 11.0. The topological polar surface area (TPSA) is 20.2 Å². The van der Waals surface area contributed by atoms with Crippen LogP contribution < -0.4 is 0 Å². The summed E-state index contributed by atoms with van der Waals surface area (Å²) in [6, 6.07) is 7.59. The largest absolute Gasteiger partial charge is 0.508 e. The fourth-order valence-electron chi connectivity index (χ4n) is 1.95. The van der Waals surface area contributed by atoms with Crippen LogP contribution in [0.1, 0.15) is 57.4 Å². The van der Waals surface area contributed by atoms with Crippen LogP contribution in [0.25, 0.3) is 0 Å². The zero-order valence-electron chi connectivity index (χ0n) is 11.1. The number of phenolic OH excluding ortho intramolecular Hbond substituents is 1. The molecular weight excluding hydrogens is 309 g/mol. The Morgan fingerprint density at radius 1 is 0.824 bits per heavy atom. The molecule has 0 aliphatic rings. The molecule has 0 aliphatic carbocycles. The van der Waals surface area contributed by atoms with Gasteiger partial charge in [-0.2, -0.15) is 0 Å². The first kappa shape index (κ1) is 16.9. The van der Waals surface area contributed by atoms with Crippen molar-refractivity contribution in [3.8, 4) is 5.75 Å². The summed E-state index contributed by atoms with van der Waals surface area (Å²) in [6.45, 7) is 2.25. The Morgan fingerprint density at radius 2 is 1.35 bits per heavy atom. The summed E-state index contributed by atoms with van der Waals surface area (Å²) in [5.41, 5.74) is 1.34. The zero-order chi connectivity index (χ0) is 11.6. The molecule has 1 N–H and O–H groups in total. The molecule has 0 aromatic heterocycles. The second kappa shape index (κ2) is 11.1. The average Bonchev–Trinajstić information content (AvgIpc) is 2.30. The van der Waals surface area contributed by atoms with Gasteiger partial charge in [0.2, 0.25) is 0 Å². The molecule has 0 saturated heterocycles. The molecule has 0 radical (unpaired) electrons. The summed E-state index contributed by atoms with van der Waals surface area (Å²) in [5, 5.41) is 9.15. The number of benzene rings is 1. The maximum absolute atomic E-state index is 9.15. The van der Waals surface area contributed by atoms with E-state index < -0.39 is 0 Å². The van der Waals surface area contributed by atoms with Gasteiger partial charge in [0, 0.05) is 27.3 Å². The molecule has 0 fully saturated rings. The maximum Gasteiger partial charge on any atom is 0.115 e. The second-order valence-electron chi connectivity index (χ2n) is 4.54. The average molecular weight is 333 g/mol. The molecular formula is C15H24CdO. The summed E-state index contributed by atoms with van der Waals surface area (Å²) in [4.78, 5) is 0. The van der Waals surface area contributed by atoms with Gasteiger partial charge in [-0.1, -0.05) is 57.6 Å². The SMILES string of the molecule is CCCCCCCCCc1ccc(O)cc1.[Cd]. The quantitative estimate of drug-likeness (QED) is 0.541. The van der Waals surface area contributed by atoms with Crippen molar-refractivity contribution in [2.24, 2.45) is 0 Å². The van der Waals surface area contributed by atoms with Crippen LogP contribution in [0.15, 0.2) is 24.3 Å². The maximum atomic E-state index is 9.15. The van der Waals surface area contributed by atoms with Crippen LogP contribution >= 0.6 is 0 Å². The molecule has 17 heavy (non-hydrogen) atoms. The van der Waals surface area contributed by atoms with Crippen LogP contribution in [0, 0.1) is 0 Å². The van der Waals surface area contributed by atoms with E-state index in [4.69, 9.17) is 5.11 Å². The standard InChI is InChI=1S/C15H24O.Cd/c1-2-3-4-5-6-7-8-9-14-10-12-15(16)13-11-14;/h10-13,16H,2-9H2,1H3;. The Labute approximate surface area is 126 Å². The zero-order valence-corrected chi connectivity index (χ0v) is 15.2. The van der Waals surface area contributed by atoms with E-state index in [0.717, 1.165) is 6.42 Å². The molecule has 0 saturated carbocycles. The van der Waals surface area contributed by atoms with Crippen molar-refractivity contribution in [1.29, 1.82) is 0 Å². The van der Waals surface area contributed by atoms with E-state index in [2.05, 4.69) is 6.92 Å². The van der Waals surface area contributed by atoms with Gasteiger partial charge < -0.3 is 5.11 Å². The first-order valence-corrected chi connectivity index (χ1v) is 6.61. The number of aromatic hydroxyl groups is 1. The van der Waals surface area contributed by atoms with Crippen LogP contribution in [-0.4, -0.2) is 5.11 Å². The monoisotopic (exact) mass is 334 g/mol. The van der Waals surface area contributed by atoms with Crippen molar-refractivity contribution in [3.63, 3.8) is 0 Å². The van der Waals surface area contributed by atoms with Crippen LogP contribution in [0.2, 0.25) is 0 Å². The summed E-state index contributed by atoms with van der Waals surface area (Å²) in [7, 11) is 0. The molecule has 2 heteroatoms. The molecule has 0 spiro atoms. The summed E-state index contributed by atoms with van der Waals surface area (Å²) < 4.78 is 0. The van der Waals surface area contributed by atoms with Crippen molar-refractivity contribution in [2.75, 3.05) is 0 Å². The van der Waals surface area contributed by atoms with E-state index in [0.29, 0.717) is 5.75 Å². The fraction of sp³-hybridized carbons (Fsp3) is 0.600. The fourth-order valence-corrected chi connectivity index (χ4v) is 1.95. The van der Waals surface area contributed by atoms with Gasteiger partial charge in [0.15, 0.2) is 0 Å².